The van der Waals surface area contributed by atoms with Crippen LogP contribution < -0.4 is 11.1 Å². The highest BCUT2D eigenvalue weighted by molar-refractivity contribution is 5.86. The summed E-state index contributed by atoms with van der Waals surface area (Å²) >= 11 is 0. The number of hydrogen-bond donors (Lipinski definition) is 2. The third-order valence-corrected chi connectivity index (χ3v) is 5.65. The van der Waals surface area contributed by atoms with Gasteiger partial charge in [-0.2, -0.15) is 0 Å². The summed E-state index contributed by atoms with van der Waals surface area (Å²) in [6.07, 6.45) is 3.32. The zero-order valence-corrected chi connectivity index (χ0v) is 15.5. The first-order valence-corrected chi connectivity index (χ1v) is 8.95. The van der Waals surface area contributed by atoms with E-state index in [4.69, 9.17) is 5.73 Å². The Morgan fingerprint density at radius 2 is 1.88 bits per heavy atom. The molecule has 3 N–H and O–H groups in total. The number of carbonyl (C=O) groups is 2. The standard InChI is InChI=1S/C19H27N3O2.ClH/c1-2-22(12-13-6-4-3-5-7-13)16(23)11-21-19(24)17-14-8-9-15(10-14)18(17)20;/h3-7,14-15,17-18H,2,8-12,20H2,1H3,(H,21,24);1H. The van der Waals surface area contributed by atoms with Gasteiger partial charge in [-0.25, -0.2) is 0 Å². The molecule has 4 unspecified atom stereocenters. The van der Waals surface area contributed by atoms with Crippen molar-refractivity contribution in [2.45, 2.75) is 38.8 Å². The molecule has 25 heavy (non-hydrogen) atoms. The Bertz CT molecular complexity index is 594. The van der Waals surface area contributed by atoms with Gasteiger partial charge in [-0.05, 0) is 43.6 Å². The van der Waals surface area contributed by atoms with Crippen molar-refractivity contribution in [2.24, 2.45) is 23.5 Å². The second kappa shape index (κ2) is 8.68. The number of amides is 2. The number of halogens is 1. The van der Waals surface area contributed by atoms with Crippen LogP contribution in [0.25, 0.3) is 0 Å². The minimum atomic E-state index is -0.110. The largest absolute Gasteiger partial charge is 0.347 e. The first kappa shape index (κ1) is 19.7. The fraction of sp³-hybridized carbons (Fsp3) is 0.579. The van der Waals surface area contributed by atoms with Gasteiger partial charge in [-0.1, -0.05) is 30.3 Å². The molecule has 0 heterocycles. The molecule has 0 aliphatic heterocycles. The van der Waals surface area contributed by atoms with Gasteiger partial charge in [0.15, 0.2) is 0 Å². The molecule has 5 nitrogen and oxygen atoms in total. The fourth-order valence-corrected chi connectivity index (χ4v) is 4.30. The van der Waals surface area contributed by atoms with Crippen molar-refractivity contribution >= 4 is 24.2 Å². The average Bonchev–Trinajstić information content (AvgIpc) is 3.19. The Morgan fingerprint density at radius 3 is 2.48 bits per heavy atom. The molecule has 1 aromatic rings. The fourth-order valence-electron chi connectivity index (χ4n) is 4.30. The van der Waals surface area contributed by atoms with Gasteiger partial charge >= 0.3 is 0 Å². The highest BCUT2D eigenvalue weighted by atomic mass is 35.5. The number of nitrogens with one attached hydrogen (secondary N) is 1. The van der Waals surface area contributed by atoms with E-state index in [9.17, 15) is 9.59 Å². The van der Waals surface area contributed by atoms with Crippen molar-refractivity contribution in [1.29, 1.82) is 0 Å². The molecule has 0 aromatic heterocycles. The van der Waals surface area contributed by atoms with E-state index in [-0.39, 0.29) is 42.7 Å². The van der Waals surface area contributed by atoms with Crippen molar-refractivity contribution < 1.29 is 9.59 Å². The number of fused-ring (bicyclic) bond motifs is 2. The Balaban J connectivity index is 0.00000225. The molecule has 2 saturated carbocycles. The SMILES string of the molecule is CCN(Cc1ccccc1)C(=O)CNC(=O)C1C2CCC(C2)C1N.Cl. The summed E-state index contributed by atoms with van der Waals surface area (Å²) < 4.78 is 0. The van der Waals surface area contributed by atoms with Gasteiger partial charge in [0.05, 0.1) is 12.5 Å². The molecule has 0 saturated heterocycles. The molecule has 0 spiro atoms. The molecule has 0 radical (unpaired) electrons. The summed E-state index contributed by atoms with van der Waals surface area (Å²) in [6, 6.07) is 9.86. The van der Waals surface area contributed by atoms with Crippen LogP contribution >= 0.6 is 12.4 Å². The zero-order valence-electron chi connectivity index (χ0n) is 14.7. The summed E-state index contributed by atoms with van der Waals surface area (Å²) in [6.45, 7) is 3.20. The van der Waals surface area contributed by atoms with E-state index in [2.05, 4.69) is 5.32 Å². The second-order valence-electron chi connectivity index (χ2n) is 7.05. The minimum Gasteiger partial charge on any atom is -0.347 e. The average molecular weight is 366 g/mol. The van der Waals surface area contributed by atoms with E-state index in [0.717, 1.165) is 24.8 Å². The molecule has 2 aliphatic carbocycles. The summed E-state index contributed by atoms with van der Waals surface area (Å²) in [4.78, 5) is 26.6. The van der Waals surface area contributed by atoms with Crippen LogP contribution in [-0.4, -0.2) is 35.8 Å². The van der Waals surface area contributed by atoms with Crippen LogP contribution in [0.5, 0.6) is 0 Å². The Labute approximate surface area is 155 Å². The van der Waals surface area contributed by atoms with Crippen molar-refractivity contribution in [3.8, 4) is 0 Å². The van der Waals surface area contributed by atoms with Crippen LogP contribution in [0.4, 0.5) is 0 Å². The van der Waals surface area contributed by atoms with E-state index >= 15 is 0 Å². The Morgan fingerprint density at radius 1 is 1.20 bits per heavy atom. The Hall–Kier alpha value is -1.59. The molecule has 2 amide bonds. The number of benzene rings is 1. The quantitative estimate of drug-likeness (QED) is 0.809. The highest BCUT2D eigenvalue weighted by Crippen LogP contribution is 2.47. The maximum Gasteiger partial charge on any atom is 0.242 e. The van der Waals surface area contributed by atoms with E-state index in [1.807, 2.05) is 37.3 Å². The van der Waals surface area contributed by atoms with E-state index < -0.39 is 0 Å². The van der Waals surface area contributed by atoms with Crippen LogP contribution in [-0.2, 0) is 16.1 Å². The van der Waals surface area contributed by atoms with Crippen molar-refractivity contribution in [1.82, 2.24) is 10.2 Å². The topological polar surface area (TPSA) is 75.4 Å². The first-order chi connectivity index (χ1) is 11.6. The Kier molecular flexibility index (Phi) is 6.85. The van der Waals surface area contributed by atoms with Crippen LogP contribution in [0.2, 0.25) is 0 Å². The lowest BCUT2D eigenvalue weighted by Gasteiger charge is -2.27. The highest BCUT2D eigenvalue weighted by Gasteiger charge is 2.49. The minimum absolute atomic E-state index is 0. The van der Waals surface area contributed by atoms with Crippen molar-refractivity contribution in [3.05, 3.63) is 35.9 Å². The number of nitrogens with zero attached hydrogens (tertiary/aromatic N) is 1. The molecule has 138 valence electrons. The smallest absolute Gasteiger partial charge is 0.242 e. The lowest BCUT2D eigenvalue weighted by Crippen LogP contribution is -2.48. The van der Waals surface area contributed by atoms with Gasteiger partial charge in [0, 0.05) is 19.1 Å². The molecular formula is C19H28ClN3O2. The monoisotopic (exact) mass is 365 g/mol. The predicted molar refractivity (Wildman–Crippen MR) is 100 cm³/mol. The lowest BCUT2D eigenvalue weighted by atomic mass is 9.84. The lowest BCUT2D eigenvalue weighted by molar-refractivity contribution is -0.135. The van der Waals surface area contributed by atoms with Gasteiger partial charge in [-0.15, -0.1) is 12.4 Å². The molecule has 2 aliphatic rings. The van der Waals surface area contributed by atoms with Gasteiger partial charge in [0.2, 0.25) is 11.8 Å². The van der Waals surface area contributed by atoms with Crippen molar-refractivity contribution in [3.63, 3.8) is 0 Å². The summed E-state index contributed by atoms with van der Waals surface area (Å²) in [7, 11) is 0. The maximum absolute atomic E-state index is 12.5. The maximum atomic E-state index is 12.5. The molecule has 2 bridgehead atoms. The number of hydrogen-bond acceptors (Lipinski definition) is 3. The number of rotatable bonds is 6. The molecule has 6 heteroatoms. The number of nitrogens with two attached hydrogens (primary N) is 1. The van der Waals surface area contributed by atoms with Gasteiger partial charge in [0.25, 0.3) is 0 Å². The van der Waals surface area contributed by atoms with Crippen LogP contribution in [0.3, 0.4) is 0 Å². The third kappa shape index (κ3) is 4.33. The summed E-state index contributed by atoms with van der Waals surface area (Å²) in [5.74, 6) is 0.698. The molecule has 1 aromatic carbocycles. The first-order valence-electron chi connectivity index (χ1n) is 8.95. The van der Waals surface area contributed by atoms with E-state index in [1.165, 1.54) is 0 Å². The number of carbonyl (C=O) groups excluding carboxylic acids is 2. The van der Waals surface area contributed by atoms with Crippen LogP contribution in [0.15, 0.2) is 30.3 Å². The van der Waals surface area contributed by atoms with E-state index in [0.29, 0.717) is 24.9 Å². The number of likely N-dealkylation sites (N-methyl/N-ethyl adjacent to an activating group) is 1. The van der Waals surface area contributed by atoms with E-state index in [1.54, 1.807) is 4.90 Å². The summed E-state index contributed by atoms with van der Waals surface area (Å²) in [5.41, 5.74) is 7.30. The van der Waals surface area contributed by atoms with Crippen LogP contribution in [0.1, 0.15) is 31.7 Å². The van der Waals surface area contributed by atoms with Gasteiger partial charge < -0.3 is 16.0 Å². The summed E-state index contributed by atoms with van der Waals surface area (Å²) in [5, 5.41) is 2.83. The predicted octanol–water partition coefficient (Wildman–Crippen LogP) is 1.95. The normalized spacial score (nSPS) is 26.8. The zero-order chi connectivity index (χ0) is 17.1. The molecule has 4 atom stereocenters. The molecule has 3 rings (SSSR count). The second-order valence-corrected chi connectivity index (χ2v) is 7.05. The van der Waals surface area contributed by atoms with Gasteiger partial charge in [0.1, 0.15) is 0 Å². The molecule has 2 fully saturated rings. The van der Waals surface area contributed by atoms with Crippen molar-refractivity contribution in [2.75, 3.05) is 13.1 Å². The molecular weight excluding hydrogens is 338 g/mol. The third-order valence-electron chi connectivity index (χ3n) is 5.65. The van der Waals surface area contributed by atoms with Gasteiger partial charge in [-0.3, -0.25) is 9.59 Å². The van der Waals surface area contributed by atoms with Crippen LogP contribution in [0, 0.1) is 17.8 Å².